The van der Waals surface area contributed by atoms with Gasteiger partial charge >= 0.3 is 7.60 Å². The first-order valence-corrected chi connectivity index (χ1v) is 10.6. The monoisotopic (exact) mass is 370 g/mol. The van der Waals surface area contributed by atoms with Crippen molar-refractivity contribution in [3.8, 4) is 0 Å². The Hall–Kier alpha value is -1.67. The first-order valence-electron chi connectivity index (χ1n) is 8.98. The predicted octanol–water partition coefficient (Wildman–Crippen LogP) is 5.01. The van der Waals surface area contributed by atoms with Gasteiger partial charge in [-0.2, -0.15) is 0 Å². The van der Waals surface area contributed by atoms with E-state index >= 15 is 0 Å². The van der Waals surface area contributed by atoms with Crippen LogP contribution in [0.1, 0.15) is 62.8 Å². The van der Waals surface area contributed by atoms with Gasteiger partial charge in [0, 0.05) is 0 Å². The van der Waals surface area contributed by atoms with Gasteiger partial charge in [0.05, 0.1) is 5.30 Å². The highest BCUT2D eigenvalue weighted by atomic mass is 31.2. The molecule has 2 N–H and O–H groups in total. The maximum absolute atomic E-state index is 11.2. The smallest absolute Gasteiger partial charge is 0.321 e. The van der Waals surface area contributed by atoms with E-state index in [-0.39, 0.29) is 16.1 Å². The Morgan fingerprint density at radius 2 is 1.31 bits per heavy atom. The normalized spacial score (nSPS) is 18.7. The molecule has 3 rings (SSSR count). The summed E-state index contributed by atoms with van der Waals surface area (Å²) in [6.45, 7) is 9.27. The summed E-state index contributed by atoms with van der Waals surface area (Å²) in [5, 5.41) is 0.0485. The van der Waals surface area contributed by atoms with Crippen molar-refractivity contribution in [3.05, 3.63) is 64.7 Å². The summed E-state index contributed by atoms with van der Waals surface area (Å²) in [4.78, 5) is 18.4. The van der Waals surface area contributed by atoms with E-state index in [0.717, 1.165) is 11.1 Å². The Kier molecular flexibility index (Phi) is 4.77. The van der Waals surface area contributed by atoms with Crippen molar-refractivity contribution < 1.29 is 14.4 Å². The third-order valence-electron chi connectivity index (χ3n) is 5.57. The highest BCUT2D eigenvalue weighted by Gasteiger charge is 2.36. The van der Waals surface area contributed by atoms with E-state index in [1.54, 1.807) is 12.1 Å². The molecule has 26 heavy (non-hydrogen) atoms. The summed E-state index contributed by atoms with van der Waals surface area (Å²) in [7, 11) is -4.18. The molecule has 0 unspecified atom stereocenters. The molecule has 0 aromatic heterocycles. The average molecular weight is 370 g/mol. The van der Waals surface area contributed by atoms with Gasteiger partial charge in [0.2, 0.25) is 0 Å². The molecule has 3 nitrogen and oxygen atoms in total. The van der Waals surface area contributed by atoms with Gasteiger partial charge in [-0.25, -0.2) is 0 Å². The molecule has 2 aromatic carbocycles. The second-order valence-corrected chi connectivity index (χ2v) is 10.1. The first kappa shape index (κ1) is 19.1. The lowest BCUT2D eigenvalue weighted by atomic mass is 9.63. The highest BCUT2D eigenvalue weighted by Crippen LogP contribution is 2.46. The topological polar surface area (TPSA) is 57.5 Å². The summed E-state index contributed by atoms with van der Waals surface area (Å²) >= 11 is 0. The van der Waals surface area contributed by atoms with Gasteiger partial charge < -0.3 is 9.79 Å². The van der Waals surface area contributed by atoms with Crippen molar-refractivity contribution in [2.45, 2.75) is 51.4 Å². The van der Waals surface area contributed by atoms with Crippen LogP contribution in [0.5, 0.6) is 0 Å². The number of rotatable bonds is 3. The molecule has 0 amide bonds. The fourth-order valence-corrected chi connectivity index (χ4v) is 4.22. The maximum atomic E-state index is 11.2. The van der Waals surface area contributed by atoms with Gasteiger partial charge in [-0.1, -0.05) is 70.2 Å². The first-order chi connectivity index (χ1) is 12.0. The van der Waals surface area contributed by atoms with E-state index in [4.69, 9.17) is 0 Å². The third kappa shape index (κ3) is 3.86. The molecule has 0 fully saturated rings. The lowest BCUT2D eigenvalue weighted by molar-refractivity contribution is 0.332. The number of benzene rings is 2. The lowest BCUT2D eigenvalue weighted by Gasteiger charge is -2.42. The lowest BCUT2D eigenvalue weighted by Crippen LogP contribution is -2.33. The minimum Gasteiger partial charge on any atom is -0.321 e. The van der Waals surface area contributed by atoms with Gasteiger partial charge in [0.25, 0.3) is 0 Å². The van der Waals surface area contributed by atoms with Gasteiger partial charge in [-0.05, 0) is 58.1 Å². The van der Waals surface area contributed by atoms with Crippen molar-refractivity contribution >= 4 is 25.1 Å². The van der Waals surface area contributed by atoms with E-state index in [9.17, 15) is 14.4 Å². The van der Waals surface area contributed by atoms with E-state index in [1.807, 2.05) is 6.08 Å². The Balaban J connectivity index is 1.89. The zero-order valence-corrected chi connectivity index (χ0v) is 16.8. The second-order valence-electron chi connectivity index (χ2n) is 8.54. The van der Waals surface area contributed by atoms with E-state index in [0.29, 0.717) is 0 Å². The average Bonchev–Trinajstić information content (AvgIpc) is 2.57. The molecular weight excluding hydrogens is 343 g/mol. The van der Waals surface area contributed by atoms with Crippen LogP contribution in [-0.2, 0) is 15.4 Å². The molecule has 0 saturated carbocycles. The Bertz CT molecular complexity index is 886. The highest BCUT2D eigenvalue weighted by molar-refractivity contribution is 7.60. The van der Waals surface area contributed by atoms with Crippen molar-refractivity contribution in [3.63, 3.8) is 0 Å². The Morgan fingerprint density at radius 3 is 1.88 bits per heavy atom. The van der Waals surface area contributed by atoms with Gasteiger partial charge in [0.1, 0.15) is 0 Å². The molecule has 1 aliphatic carbocycles. The van der Waals surface area contributed by atoms with Gasteiger partial charge in [-0.15, -0.1) is 0 Å². The van der Waals surface area contributed by atoms with E-state index in [1.165, 1.54) is 36.1 Å². The quantitative estimate of drug-likeness (QED) is 0.590. The summed E-state index contributed by atoms with van der Waals surface area (Å²) in [5.74, 6) is 0. The minimum atomic E-state index is -4.18. The Labute approximate surface area is 155 Å². The van der Waals surface area contributed by atoms with Crippen LogP contribution in [0.4, 0.5) is 0 Å². The largest absolute Gasteiger partial charge is 0.356 e. The molecule has 0 bridgehead atoms. The molecule has 0 radical (unpaired) electrons. The fourth-order valence-electron chi connectivity index (χ4n) is 3.68. The molecule has 0 spiro atoms. The molecule has 0 aliphatic heterocycles. The van der Waals surface area contributed by atoms with Crippen LogP contribution in [0.15, 0.2) is 42.5 Å². The van der Waals surface area contributed by atoms with Crippen molar-refractivity contribution in [1.29, 1.82) is 0 Å². The molecule has 2 aromatic rings. The SMILES string of the molecule is CC1(C)CCC(C)(C)c2cc(/C=C/c3ccc(P(=O)(O)O)cc3)ccc21. The number of fused-ring (bicyclic) bond motifs is 1. The van der Waals surface area contributed by atoms with Crippen LogP contribution in [0.3, 0.4) is 0 Å². The molecule has 0 saturated heterocycles. The van der Waals surface area contributed by atoms with Crippen LogP contribution in [0, 0.1) is 0 Å². The van der Waals surface area contributed by atoms with Gasteiger partial charge in [0.15, 0.2) is 0 Å². The molecule has 1 aliphatic rings. The second kappa shape index (κ2) is 6.49. The minimum absolute atomic E-state index is 0.0485. The van der Waals surface area contributed by atoms with Crippen molar-refractivity contribution in [1.82, 2.24) is 0 Å². The number of hydrogen-bond donors (Lipinski definition) is 2. The third-order valence-corrected chi connectivity index (χ3v) is 6.55. The van der Waals surface area contributed by atoms with Crippen molar-refractivity contribution in [2.75, 3.05) is 0 Å². The van der Waals surface area contributed by atoms with E-state index < -0.39 is 7.60 Å². The molecule has 0 atom stereocenters. The van der Waals surface area contributed by atoms with Crippen LogP contribution in [-0.4, -0.2) is 9.79 Å². The summed E-state index contributed by atoms with van der Waals surface area (Å²) in [6, 6.07) is 13.1. The molecule has 138 valence electrons. The molecular formula is C22H27O3P. The van der Waals surface area contributed by atoms with Crippen LogP contribution in [0.2, 0.25) is 0 Å². The van der Waals surface area contributed by atoms with Gasteiger partial charge in [-0.3, -0.25) is 4.57 Å². The molecule has 4 heteroatoms. The predicted molar refractivity (Wildman–Crippen MR) is 109 cm³/mol. The standard InChI is InChI=1S/C22H27O3P/c1-21(2)13-14-22(3,4)20-15-17(9-12-19(20)21)6-5-16-7-10-18(11-8-16)26(23,24)25/h5-12,15H,13-14H2,1-4H3,(H2,23,24,25)/b6-5+. The molecule has 0 heterocycles. The summed E-state index contributed by atoms with van der Waals surface area (Å²) in [5.41, 5.74) is 5.32. The zero-order chi connectivity index (χ0) is 19.2. The summed E-state index contributed by atoms with van der Waals surface area (Å²) < 4.78 is 11.2. The van der Waals surface area contributed by atoms with E-state index in [2.05, 4.69) is 52.0 Å². The van der Waals surface area contributed by atoms with Crippen molar-refractivity contribution in [2.24, 2.45) is 0 Å². The zero-order valence-electron chi connectivity index (χ0n) is 15.9. The number of hydrogen-bond acceptors (Lipinski definition) is 1. The van der Waals surface area contributed by atoms with Crippen LogP contribution >= 0.6 is 7.60 Å². The van der Waals surface area contributed by atoms with Crippen LogP contribution in [0.25, 0.3) is 12.2 Å². The summed E-state index contributed by atoms with van der Waals surface area (Å²) in [6.07, 6.45) is 6.43. The maximum Gasteiger partial charge on any atom is 0.356 e. The van der Waals surface area contributed by atoms with Crippen LogP contribution < -0.4 is 5.30 Å². The Morgan fingerprint density at radius 1 is 0.808 bits per heavy atom. The fraction of sp³-hybridized carbons (Fsp3) is 0.364.